The molecule has 0 unspecified atom stereocenters. The molecule has 0 atom stereocenters. The van der Waals surface area contributed by atoms with Crippen LogP contribution in [0.2, 0.25) is 0 Å². The molecule has 0 bridgehead atoms. The van der Waals surface area contributed by atoms with Crippen molar-refractivity contribution in [1.29, 1.82) is 0 Å². The molecule has 0 aliphatic heterocycles. The van der Waals surface area contributed by atoms with Crippen LogP contribution >= 0.6 is 0 Å². The van der Waals surface area contributed by atoms with Crippen LogP contribution in [0.3, 0.4) is 0 Å². The van der Waals surface area contributed by atoms with Crippen LogP contribution in [-0.2, 0) is 16.1 Å². The van der Waals surface area contributed by atoms with E-state index in [1.807, 2.05) is 49.4 Å². The smallest absolute Gasteiger partial charge is 0.238 e. The number of nitrogens with one attached hydrogen (secondary N) is 3. The second-order valence-electron chi connectivity index (χ2n) is 6.74. The highest BCUT2D eigenvalue weighted by Gasteiger charge is 2.29. The van der Waals surface area contributed by atoms with E-state index in [0.717, 1.165) is 35.4 Å². The van der Waals surface area contributed by atoms with Crippen LogP contribution in [-0.4, -0.2) is 25.5 Å². The van der Waals surface area contributed by atoms with Gasteiger partial charge in [-0.1, -0.05) is 18.2 Å². The van der Waals surface area contributed by atoms with E-state index in [1.165, 1.54) is 0 Å². The third-order valence-electron chi connectivity index (χ3n) is 4.59. The number of rotatable bonds is 8. The number of hydrogen-bond acceptors (Lipinski definition) is 4. The molecule has 6 heteroatoms. The zero-order valence-electron chi connectivity index (χ0n) is 15.7. The normalized spacial score (nSPS) is 13.1. The van der Waals surface area contributed by atoms with Crippen LogP contribution in [0.25, 0.3) is 0 Å². The number of amides is 2. The predicted molar refractivity (Wildman–Crippen MR) is 106 cm³/mol. The van der Waals surface area contributed by atoms with Crippen LogP contribution < -0.4 is 20.7 Å². The van der Waals surface area contributed by atoms with Gasteiger partial charge in [-0.15, -0.1) is 0 Å². The van der Waals surface area contributed by atoms with Crippen LogP contribution in [0.5, 0.6) is 5.75 Å². The number of ether oxygens (including phenoxy) is 1. The first-order valence-corrected chi connectivity index (χ1v) is 9.11. The fourth-order valence-corrected chi connectivity index (χ4v) is 2.74. The first kappa shape index (κ1) is 18.9. The lowest BCUT2D eigenvalue weighted by molar-refractivity contribution is -0.117. The van der Waals surface area contributed by atoms with Crippen LogP contribution in [0.15, 0.2) is 42.5 Å². The van der Waals surface area contributed by atoms with E-state index < -0.39 is 0 Å². The molecule has 3 rings (SSSR count). The number of hydrogen-bond donors (Lipinski definition) is 3. The summed E-state index contributed by atoms with van der Waals surface area (Å²) in [4.78, 5) is 24.2. The predicted octanol–water partition coefficient (Wildman–Crippen LogP) is 3.08. The van der Waals surface area contributed by atoms with Gasteiger partial charge in [-0.2, -0.15) is 0 Å². The molecule has 0 saturated heterocycles. The molecule has 0 radical (unpaired) electrons. The monoisotopic (exact) mass is 367 g/mol. The lowest BCUT2D eigenvalue weighted by atomic mass is 10.1. The Balaban J connectivity index is 1.50. The highest BCUT2D eigenvalue weighted by Crippen LogP contribution is 2.31. The van der Waals surface area contributed by atoms with Crippen molar-refractivity contribution < 1.29 is 14.3 Å². The molecule has 0 spiro atoms. The summed E-state index contributed by atoms with van der Waals surface area (Å²) >= 11 is 0. The number of benzene rings is 2. The van der Waals surface area contributed by atoms with Crippen LogP contribution in [0.4, 0.5) is 11.4 Å². The van der Waals surface area contributed by atoms with Crippen molar-refractivity contribution >= 4 is 23.2 Å². The standard InChI is InChI=1S/C21H25N3O3/c1-14-18(4-3-5-19(14)24-21(26)16-8-9-16)23-20(25)13-22-12-15-6-10-17(27-2)11-7-15/h3-7,10-11,16,22H,8-9,12-13H2,1-2H3,(H,23,25)(H,24,26). The van der Waals surface area contributed by atoms with Crippen molar-refractivity contribution in [2.24, 2.45) is 5.92 Å². The number of carbonyl (C=O) groups excluding carboxylic acids is 2. The number of anilines is 2. The number of carbonyl (C=O) groups is 2. The van der Waals surface area contributed by atoms with Crippen LogP contribution in [0, 0.1) is 12.8 Å². The van der Waals surface area contributed by atoms with E-state index in [-0.39, 0.29) is 24.3 Å². The Morgan fingerprint density at radius 1 is 1.04 bits per heavy atom. The Morgan fingerprint density at radius 3 is 2.33 bits per heavy atom. The minimum Gasteiger partial charge on any atom is -0.497 e. The summed E-state index contributed by atoms with van der Waals surface area (Å²) < 4.78 is 5.13. The summed E-state index contributed by atoms with van der Waals surface area (Å²) in [6, 6.07) is 13.2. The molecule has 1 saturated carbocycles. The molecular formula is C21H25N3O3. The van der Waals surface area contributed by atoms with Gasteiger partial charge in [0.15, 0.2) is 0 Å². The fraction of sp³-hybridized carbons (Fsp3) is 0.333. The molecular weight excluding hydrogens is 342 g/mol. The lowest BCUT2D eigenvalue weighted by Crippen LogP contribution is -2.28. The van der Waals surface area contributed by atoms with E-state index in [2.05, 4.69) is 16.0 Å². The Bertz CT molecular complexity index is 814. The van der Waals surface area contributed by atoms with Crippen molar-refractivity contribution in [3.8, 4) is 5.75 Å². The molecule has 2 aromatic carbocycles. The zero-order chi connectivity index (χ0) is 19.2. The summed E-state index contributed by atoms with van der Waals surface area (Å²) in [5.74, 6) is 0.880. The Labute approximate surface area is 159 Å². The average Bonchev–Trinajstić information content (AvgIpc) is 3.51. The van der Waals surface area contributed by atoms with Crippen LogP contribution in [0.1, 0.15) is 24.0 Å². The maximum atomic E-state index is 12.2. The molecule has 1 fully saturated rings. The second kappa shape index (κ2) is 8.68. The molecule has 3 N–H and O–H groups in total. The van der Waals surface area contributed by atoms with Gasteiger partial charge in [-0.3, -0.25) is 9.59 Å². The van der Waals surface area contributed by atoms with Crippen molar-refractivity contribution in [3.63, 3.8) is 0 Å². The second-order valence-corrected chi connectivity index (χ2v) is 6.74. The largest absolute Gasteiger partial charge is 0.497 e. The lowest BCUT2D eigenvalue weighted by Gasteiger charge is -2.14. The summed E-state index contributed by atoms with van der Waals surface area (Å²) in [7, 11) is 1.63. The topological polar surface area (TPSA) is 79.5 Å². The van der Waals surface area contributed by atoms with E-state index in [4.69, 9.17) is 4.74 Å². The Morgan fingerprint density at radius 2 is 1.70 bits per heavy atom. The third-order valence-corrected chi connectivity index (χ3v) is 4.59. The quantitative estimate of drug-likeness (QED) is 0.670. The molecule has 1 aliphatic carbocycles. The zero-order valence-corrected chi connectivity index (χ0v) is 15.7. The summed E-state index contributed by atoms with van der Waals surface area (Å²) in [6.07, 6.45) is 1.92. The van der Waals surface area contributed by atoms with Gasteiger partial charge >= 0.3 is 0 Å². The minimum atomic E-state index is -0.128. The first-order chi connectivity index (χ1) is 13.1. The maximum absolute atomic E-state index is 12.2. The van der Waals surface area contributed by atoms with Gasteiger partial charge in [0, 0.05) is 23.8 Å². The highest BCUT2D eigenvalue weighted by atomic mass is 16.5. The molecule has 6 nitrogen and oxygen atoms in total. The molecule has 2 aromatic rings. The number of methoxy groups -OCH3 is 1. The van der Waals surface area contributed by atoms with E-state index in [9.17, 15) is 9.59 Å². The van der Waals surface area contributed by atoms with Gasteiger partial charge in [0.1, 0.15) is 5.75 Å². The Hall–Kier alpha value is -2.86. The molecule has 0 heterocycles. The fourth-order valence-electron chi connectivity index (χ4n) is 2.74. The molecule has 1 aliphatic rings. The van der Waals surface area contributed by atoms with Gasteiger partial charge in [0.2, 0.25) is 11.8 Å². The van der Waals surface area contributed by atoms with Gasteiger partial charge in [-0.25, -0.2) is 0 Å². The summed E-state index contributed by atoms with van der Waals surface area (Å²) in [5, 5.41) is 8.97. The van der Waals surface area contributed by atoms with Gasteiger partial charge in [0.25, 0.3) is 0 Å². The molecule has 142 valence electrons. The molecule has 2 amide bonds. The van der Waals surface area contributed by atoms with Gasteiger partial charge in [-0.05, 0) is 55.2 Å². The van der Waals surface area contributed by atoms with Crippen molar-refractivity contribution in [3.05, 3.63) is 53.6 Å². The van der Waals surface area contributed by atoms with E-state index in [1.54, 1.807) is 7.11 Å². The molecule has 0 aromatic heterocycles. The van der Waals surface area contributed by atoms with Crippen molar-refractivity contribution in [1.82, 2.24) is 5.32 Å². The van der Waals surface area contributed by atoms with E-state index in [0.29, 0.717) is 12.2 Å². The van der Waals surface area contributed by atoms with Gasteiger partial charge in [0.05, 0.1) is 13.7 Å². The maximum Gasteiger partial charge on any atom is 0.238 e. The SMILES string of the molecule is COc1ccc(CNCC(=O)Nc2cccc(NC(=O)C3CC3)c2C)cc1. The van der Waals surface area contributed by atoms with Crippen molar-refractivity contribution in [2.75, 3.05) is 24.3 Å². The average molecular weight is 367 g/mol. The Kier molecular flexibility index (Phi) is 6.08. The summed E-state index contributed by atoms with van der Waals surface area (Å²) in [6.45, 7) is 2.68. The first-order valence-electron chi connectivity index (χ1n) is 9.11. The minimum absolute atomic E-state index is 0.0581. The molecule has 27 heavy (non-hydrogen) atoms. The highest BCUT2D eigenvalue weighted by molar-refractivity contribution is 5.97. The van der Waals surface area contributed by atoms with Crippen molar-refractivity contribution in [2.45, 2.75) is 26.3 Å². The summed E-state index contributed by atoms with van der Waals surface area (Å²) in [5.41, 5.74) is 3.38. The van der Waals surface area contributed by atoms with E-state index >= 15 is 0 Å². The third kappa shape index (κ3) is 5.31. The van der Waals surface area contributed by atoms with Gasteiger partial charge < -0.3 is 20.7 Å².